The molecular formula is C16H23F2N3O2. The van der Waals surface area contributed by atoms with Crippen LogP contribution in [0.1, 0.15) is 49.2 Å². The number of anilines is 1. The van der Waals surface area contributed by atoms with Crippen LogP contribution in [0.2, 0.25) is 0 Å². The van der Waals surface area contributed by atoms with E-state index in [9.17, 15) is 18.7 Å². The lowest BCUT2D eigenvalue weighted by Gasteiger charge is -2.23. The minimum Gasteiger partial charge on any atom is -0.387 e. The number of halogens is 2. The Morgan fingerprint density at radius 1 is 1.57 bits per heavy atom. The van der Waals surface area contributed by atoms with E-state index >= 15 is 0 Å². The SMILES string of the molecule is CC(C)(O)C(F)Cc1nccc(NC2CCC(F)C2)c1C(N)=O. The van der Waals surface area contributed by atoms with Crippen molar-refractivity contribution in [2.24, 2.45) is 5.73 Å². The molecule has 2 rings (SSSR count). The zero-order valence-corrected chi connectivity index (χ0v) is 13.4. The summed E-state index contributed by atoms with van der Waals surface area (Å²) in [7, 11) is 0. The van der Waals surface area contributed by atoms with E-state index < -0.39 is 23.9 Å². The zero-order chi connectivity index (χ0) is 17.2. The first-order chi connectivity index (χ1) is 10.7. The first-order valence-corrected chi connectivity index (χ1v) is 7.73. The number of amides is 1. The Bertz CT molecular complexity index is 575. The molecule has 0 saturated heterocycles. The molecule has 1 aromatic rings. The van der Waals surface area contributed by atoms with Gasteiger partial charge in [0, 0.05) is 18.7 Å². The van der Waals surface area contributed by atoms with Crippen molar-refractivity contribution in [3.8, 4) is 0 Å². The van der Waals surface area contributed by atoms with Gasteiger partial charge in [-0.2, -0.15) is 0 Å². The van der Waals surface area contributed by atoms with E-state index in [1.807, 2.05) is 0 Å². The Hall–Kier alpha value is -1.76. The molecule has 0 spiro atoms. The molecule has 7 heteroatoms. The van der Waals surface area contributed by atoms with Gasteiger partial charge in [0.05, 0.1) is 22.5 Å². The number of hydrogen-bond acceptors (Lipinski definition) is 4. The van der Waals surface area contributed by atoms with E-state index in [2.05, 4.69) is 10.3 Å². The third-order valence-electron chi connectivity index (χ3n) is 4.14. The number of carbonyl (C=O) groups is 1. The largest absolute Gasteiger partial charge is 0.387 e. The second kappa shape index (κ2) is 6.78. The summed E-state index contributed by atoms with van der Waals surface area (Å²) < 4.78 is 27.4. The van der Waals surface area contributed by atoms with Crippen molar-refractivity contribution in [1.82, 2.24) is 4.98 Å². The number of hydrogen-bond donors (Lipinski definition) is 3. The molecule has 1 aliphatic rings. The molecule has 1 heterocycles. The topological polar surface area (TPSA) is 88.2 Å². The highest BCUT2D eigenvalue weighted by molar-refractivity contribution is 5.99. The number of nitrogens with zero attached hydrogens (tertiary/aromatic N) is 1. The number of nitrogens with two attached hydrogens (primary N) is 1. The summed E-state index contributed by atoms with van der Waals surface area (Å²) in [6.45, 7) is 2.70. The lowest BCUT2D eigenvalue weighted by atomic mass is 9.96. The molecule has 1 aromatic heterocycles. The molecule has 0 bridgehead atoms. The van der Waals surface area contributed by atoms with E-state index in [1.54, 1.807) is 6.07 Å². The van der Waals surface area contributed by atoms with Crippen molar-refractivity contribution in [2.75, 3.05) is 5.32 Å². The van der Waals surface area contributed by atoms with Crippen LogP contribution in [0.5, 0.6) is 0 Å². The molecule has 0 aliphatic heterocycles. The fraction of sp³-hybridized carbons (Fsp3) is 0.625. The lowest BCUT2D eigenvalue weighted by molar-refractivity contribution is -0.00307. The Morgan fingerprint density at radius 3 is 2.78 bits per heavy atom. The number of alkyl halides is 2. The number of aliphatic hydroxyl groups is 1. The maximum absolute atomic E-state index is 14.1. The van der Waals surface area contributed by atoms with E-state index in [0.29, 0.717) is 24.9 Å². The number of nitrogens with one attached hydrogen (secondary N) is 1. The van der Waals surface area contributed by atoms with Crippen LogP contribution in [-0.4, -0.2) is 40.0 Å². The van der Waals surface area contributed by atoms with E-state index in [0.717, 1.165) is 0 Å². The molecule has 128 valence electrons. The molecule has 1 aliphatic carbocycles. The quantitative estimate of drug-likeness (QED) is 0.747. The van der Waals surface area contributed by atoms with Crippen LogP contribution in [0.15, 0.2) is 12.3 Å². The molecular weight excluding hydrogens is 304 g/mol. The maximum atomic E-state index is 14.1. The molecule has 23 heavy (non-hydrogen) atoms. The van der Waals surface area contributed by atoms with Gasteiger partial charge in [0.25, 0.3) is 5.91 Å². The van der Waals surface area contributed by atoms with Crippen LogP contribution in [0.25, 0.3) is 0 Å². The van der Waals surface area contributed by atoms with Crippen molar-refractivity contribution >= 4 is 11.6 Å². The zero-order valence-electron chi connectivity index (χ0n) is 13.4. The summed E-state index contributed by atoms with van der Waals surface area (Å²) in [6.07, 6.45) is 0.280. The standard InChI is InChI=1S/C16H23F2N3O2/c1-16(2,23)13(18)8-12-14(15(19)22)11(5-6-20-12)21-10-4-3-9(17)7-10/h5-6,9-10,13,23H,3-4,7-8H2,1-2H3,(H2,19,22)(H,20,21). The third kappa shape index (κ3) is 4.37. The van der Waals surface area contributed by atoms with Crippen molar-refractivity contribution in [1.29, 1.82) is 0 Å². The van der Waals surface area contributed by atoms with Crippen molar-refractivity contribution in [2.45, 2.75) is 63.5 Å². The van der Waals surface area contributed by atoms with Gasteiger partial charge in [0.2, 0.25) is 0 Å². The summed E-state index contributed by atoms with van der Waals surface area (Å²) in [5, 5.41) is 12.8. The Labute approximate surface area is 134 Å². The van der Waals surface area contributed by atoms with E-state index in [4.69, 9.17) is 5.73 Å². The molecule has 5 nitrogen and oxygen atoms in total. The van der Waals surface area contributed by atoms with Gasteiger partial charge >= 0.3 is 0 Å². The van der Waals surface area contributed by atoms with Crippen molar-refractivity contribution in [3.63, 3.8) is 0 Å². The lowest BCUT2D eigenvalue weighted by Crippen LogP contribution is -2.35. The third-order valence-corrected chi connectivity index (χ3v) is 4.14. The molecule has 1 fully saturated rings. The first-order valence-electron chi connectivity index (χ1n) is 7.73. The Morgan fingerprint density at radius 2 is 2.26 bits per heavy atom. The van der Waals surface area contributed by atoms with Crippen LogP contribution in [0.4, 0.5) is 14.5 Å². The highest BCUT2D eigenvalue weighted by Crippen LogP contribution is 2.28. The maximum Gasteiger partial charge on any atom is 0.252 e. The smallest absolute Gasteiger partial charge is 0.252 e. The van der Waals surface area contributed by atoms with Gasteiger partial charge in [-0.3, -0.25) is 9.78 Å². The highest BCUT2D eigenvalue weighted by Gasteiger charge is 2.30. The summed E-state index contributed by atoms with van der Waals surface area (Å²) >= 11 is 0. The summed E-state index contributed by atoms with van der Waals surface area (Å²) in [5.74, 6) is -0.728. The molecule has 4 N–H and O–H groups in total. The number of primary amides is 1. The Kier molecular flexibility index (Phi) is 5.19. The van der Waals surface area contributed by atoms with E-state index in [1.165, 1.54) is 20.0 Å². The number of aromatic nitrogens is 1. The summed E-state index contributed by atoms with van der Waals surface area (Å²) in [4.78, 5) is 15.8. The average Bonchev–Trinajstić information content (AvgIpc) is 2.82. The molecule has 0 aromatic carbocycles. The van der Waals surface area contributed by atoms with Gasteiger partial charge in [0.1, 0.15) is 12.3 Å². The fourth-order valence-electron chi connectivity index (χ4n) is 2.75. The van der Waals surface area contributed by atoms with Crippen LogP contribution in [0, 0.1) is 0 Å². The molecule has 1 amide bonds. The number of carbonyl (C=O) groups excluding carboxylic acids is 1. The average molecular weight is 327 g/mol. The highest BCUT2D eigenvalue weighted by atomic mass is 19.1. The Balaban J connectivity index is 2.26. The fourth-order valence-corrected chi connectivity index (χ4v) is 2.75. The normalized spacial score (nSPS) is 22.8. The molecule has 1 saturated carbocycles. The minimum atomic E-state index is -1.59. The monoisotopic (exact) mass is 327 g/mol. The summed E-state index contributed by atoms with van der Waals surface area (Å²) in [6, 6.07) is 1.49. The van der Waals surface area contributed by atoms with Gasteiger partial charge in [-0.05, 0) is 39.2 Å². The second-order valence-electron chi connectivity index (χ2n) is 6.62. The predicted molar refractivity (Wildman–Crippen MR) is 83.8 cm³/mol. The second-order valence-corrected chi connectivity index (χ2v) is 6.62. The first kappa shape index (κ1) is 17.6. The molecule has 3 unspecified atom stereocenters. The molecule has 3 atom stereocenters. The van der Waals surface area contributed by atoms with Crippen LogP contribution < -0.4 is 11.1 Å². The van der Waals surface area contributed by atoms with Gasteiger partial charge in [-0.15, -0.1) is 0 Å². The molecule has 0 radical (unpaired) electrons. The van der Waals surface area contributed by atoms with Gasteiger partial charge < -0.3 is 16.2 Å². The number of pyridine rings is 1. The van der Waals surface area contributed by atoms with Gasteiger partial charge in [-0.1, -0.05) is 0 Å². The minimum absolute atomic E-state index is 0.0891. The summed E-state index contributed by atoms with van der Waals surface area (Å²) in [5.41, 5.74) is 4.60. The van der Waals surface area contributed by atoms with E-state index in [-0.39, 0.29) is 23.7 Å². The van der Waals surface area contributed by atoms with Gasteiger partial charge in [0.15, 0.2) is 0 Å². The van der Waals surface area contributed by atoms with Crippen molar-refractivity contribution < 1.29 is 18.7 Å². The van der Waals surface area contributed by atoms with Crippen LogP contribution in [0.3, 0.4) is 0 Å². The predicted octanol–water partition coefficient (Wildman–Crippen LogP) is 2.13. The van der Waals surface area contributed by atoms with Crippen LogP contribution >= 0.6 is 0 Å². The number of rotatable bonds is 6. The van der Waals surface area contributed by atoms with Crippen LogP contribution in [-0.2, 0) is 6.42 Å². The van der Waals surface area contributed by atoms with Crippen molar-refractivity contribution in [3.05, 3.63) is 23.5 Å². The van der Waals surface area contributed by atoms with Gasteiger partial charge in [-0.25, -0.2) is 8.78 Å².